The number of nitrogens with zero attached hydrogens (tertiary/aromatic N) is 2. The van der Waals surface area contributed by atoms with Gasteiger partial charge in [-0.25, -0.2) is 0 Å². The molecule has 0 saturated carbocycles. The molecule has 0 bridgehead atoms. The number of para-hydroxylation sites is 1. The van der Waals surface area contributed by atoms with Crippen molar-refractivity contribution < 1.29 is 8.83 Å². The molecule has 22 aromatic carbocycles. The predicted molar refractivity (Wildman–Crippen MR) is 556 cm³/mol. The highest BCUT2D eigenvalue weighted by atomic mass is 32.1. The van der Waals surface area contributed by atoms with Crippen LogP contribution in [0.5, 0.6) is 0 Å². The van der Waals surface area contributed by atoms with Gasteiger partial charge in [-0.15, -0.1) is 22.7 Å². The highest BCUT2D eigenvalue weighted by Crippen LogP contribution is 2.51. The zero-order valence-corrected chi connectivity index (χ0v) is 72.2. The van der Waals surface area contributed by atoms with Crippen molar-refractivity contribution in [1.29, 1.82) is 0 Å². The summed E-state index contributed by atoms with van der Waals surface area (Å²) in [7, 11) is 0. The maximum atomic E-state index is 6.71. The monoisotopic (exact) mass is 1690 g/mol. The van der Waals surface area contributed by atoms with Crippen LogP contribution in [0, 0.1) is 0 Å². The Kier molecular flexibility index (Phi) is 18.6. The summed E-state index contributed by atoms with van der Waals surface area (Å²) in [5.41, 5.74) is 28.6. The van der Waals surface area contributed by atoms with E-state index < -0.39 is 0 Å². The van der Waals surface area contributed by atoms with Gasteiger partial charge in [-0.1, -0.05) is 346 Å². The van der Waals surface area contributed by atoms with Gasteiger partial charge in [0, 0.05) is 107 Å². The number of anilines is 6. The molecule has 0 aliphatic rings. The van der Waals surface area contributed by atoms with E-state index in [2.05, 4.69) is 483 Å². The molecule has 0 unspecified atom stereocenters. The summed E-state index contributed by atoms with van der Waals surface area (Å²) in [6.45, 7) is 0. The van der Waals surface area contributed by atoms with E-state index in [1.165, 1.54) is 111 Å². The smallest absolute Gasteiger partial charge is 0.143 e. The second-order valence-electron chi connectivity index (χ2n) is 33.7. The van der Waals surface area contributed by atoms with Crippen molar-refractivity contribution in [1.82, 2.24) is 0 Å². The first-order chi connectivity index (χ1) is 64.4. The van der Waals surface area contributed by atoms with E-state index >= 15 is 0 Å². The second-order valence-corrected chi connectivity index (χ2v) is 35.8. The molecule has 0 atom stereocenters. The molecule has 26 rings (SSSR count). The zero-order chi connectivity index (χ0) is 85.7. The number of fused-ring (bicyclic) bond motifs is 20. The molecular formula is C124H78N2O2S2. The first-order valence-electron chi connectivity index (χ1n) is 44.3. The van der Waals surface area contributed by atoms with E-state index in [-0.39, 0.29) is 0 Å². The highest BCUT2D eigenvalue weighted by Gasteiger charge is 2.25. The Hall–Kier alpha value is -16.5. The van der Waals surface area contributed by atoms with Crippen molar-refractivity contribution in [3.63, 3.8) is 0 Å². The topological polar surface area (TPSA) is 32.8 Å². The molecule has 0 amide bonds. The van der Waals surface area contributed by atoms with Crippen LogP contribution in [0.4, 0.5) is 34.1 Å². The van der Waals surface area contributed by atoms with E-state index in [4.69, 9.17) is 8.83 Å². The molecule has 4 heterocycles. The van der Waals surface area contributed by atoms with Gasteiger partial charge in [0.1, 0.15) is 22.3 Å². The molecule has 130 heavy (non-hydrogen) atoms. The molecule has 0 radical (unpaired) electrons. The van der Waals surface area contributed by atoms with Gasteiger partial charge in [-0.3, -0.25) is 0 Å². The fraction of sp³-hybridized carbons (Fsp3) is 0. The largest absolute Gasteiger partial charge is 0.456 e. The quantitative estimate of drug-likeness (QED) is 0.109. The van der Waals surface area contributed by atoms with E-state index in [1.807, 2.05) is 22.7 Å². The molecule has 0 spiro atoms. The van der Waals surface area contributed by atoms with Gasteiger partial charge in [0.25, 0.3) is 0 Å². The molecule has 26 aromatic rings. The SMILES string of the molecule is c1ccc(-c2ccc(N(c3ccc(-c4ccc5sc6ccc7ccccc7c6c5c4)cc3)c3ccc(-c4cccc5c4oc4c6ccccc6ccc54)cc3)cc2)cc1.c1ccc(-c2cccc(N(c3cc(-c4ccccc4)cc(-c4ccc5oc6ccc7ccccc7c6c5c4)c3)c3cc(-c4ccccc4)cc(-c4cccc5c4sc4c6ccccc6ccc54)c3)c2)cc1. The molecule has 0 aliphatic heterocycles. The lowest BCUT2D eigenvalue weighted by Crippen LogP contribution is -2.11. The highest BCUT2D eigenvalue weighted by molar-refractivity contribution is 7.27. The van der Waals surface area contributed by atoms with E-state index in [0.717, 1.165) is 139 Å². The summed E-state index contributed by atoms with van der Waals surface area (Å²) in [6, 6.07) is 172. The summed E-state index contributed by atoms with van der Waals surface area (Å²) < 4.78 is 18.5. The van der Waals surface area contributed by atoms with Gasteiger partial charge in [0.2, 0.25) is 0 Å². The van der Waals surface area contributed by atoms with Crippen LogP contribution in [-0.2, 0) is 0 Å². The minimum atomic E-state index is 0.881. The van der Waals surface area contributed by atoms with Crippen molar-refractivity contribution in [2.24, 2.45) is 0 Å². The Balaban J connectivity index is 0.000000143. The summed E-state index contributed by atoms with van der Waals surface area (Å²) in [6.07, 6.45) is 0. The van der Waals surface area contributed by atoms with Gasteiger partial charge in [-0.05, 0) is 249 Å². The van der Waals surface area contributed by atoms with Crippen molar-refractivity contribution in [3.05, 3.63) is 473 Å². The summed E-state index contributed by atoms with van der Waals surface area (Å²) >= 11 is 3.77. The minimum absolute atomic E-state index is 0.881. The Morgan fingerprint density at radius 2 is 0.546 bits per heavy atom. The van der Waals surface area contributed by atoms with Crippen molar-refractivity contribution in [3.8, 4) is 89.0 Å². The number of rotatable bonds is 14. The van der Waals surface area contributed by atoms with Crippen molar-refractivity contribution in [2.75, 3.05) is 9.80 Å². The van der Waals surface area contributed by atoms with Crippen LogP contribution >= 0.6 is 22.7 Å². The predicted octanol–water partition coefficient (Wildman–Crippen LogP) is 36.8. The Bertz CT molecular complexity index is 8900. The number of furan rings is 2. The number of hydrogen-bond acceptors (Lipinski definition) is 6. The lowest BCUT2D eigenvalue weighted by Gasteiger charge is -2.28. The number of hydrogen-bond donors (Lipinski definition) is 0. The van der Waals surface area contributed by atoms with E-state index in [9.17, 15) is 0 Å². The first kappa shape index (κ1) is 76.0. The van der Waals surface area contributed by atoms with Crippen LogP contribution in [0.15, 0.2) is 482 Å². The van der Waals surface area contributed by atoms with Crippen LogP contribution in [0.25, 0.3) is 216 Å². The maximum Gasteiger partial charge on any atom is 0.143 e. The molecule has 608 valence electrons. The summed E-state index contributed by atoms with van der Waals surface area (Å²) in [4.78, 5) is 4.81. The molecule has 4 aromatic heterocycles. The van der Waals surface area contributed by atoms with Crippen LogP contribution in [0.2, 0.25) is 0 Å². The molecular weight excluding hydrogens is 1610 g/mol. The average molecular weight is 1690 g/mol. The van der Waals surface area contributed by atoms with Crippen molar-refractivity contribution >= 4 is 184 Å². The van der Waals surface area contributed by atoms with Gasteiger partial charge in [0.15, 0.2) is 0 Å². The average Bonchev–Trinajstić information content (AvgIpc) is 1.63. The molecule has 4 nitrogen and oxygen atoms in total. The molecule has 0 N–H and O–H groups in total. The Labute approximate surface area is 759 Å². The summed E-state index contributed by atoms with van der Waals surface area (Å²) in [5.74, 6) is 0. The lowest BCUT2D eigenvalue weighted by molar-refractivity contribution is 0.669. The normalized spacial score (nSPS) is 11.7. The third kappa shape index (κ3) is 13.5. The number of benzene rings is 22. The van der Waals surface area contributed by atoms with Crippen LogP contribution < -0.4 is 9.80 Å². The molecule has 0 saturated heterocycles. The minimum Gasteiger partial charge on any atom is -0.456 e. The van der Waals surface area contributed by atoms with E-state index in [0.29, 0.717) is 0 Å². The molecule has 0 fully saturated rings. The van der Waals surface area contributed by atoms with Gasteiger partial charge in [-0.2, -0.15) is 0 Å². The summed E-state index contributed by atoms with van der Waals surface area (Å²) in [5, 5.41) is 19.6. The Morgan fingerprint density at radius 1 is 0.162 bits per heavy atom. The second kappa shape index (κ2) is 31.9. The first-order valence-corrected chi connectivity index (χ1v) is 45.9. The third-order valence-corrected chi connectivity index (χ3v) is 28.5. The van der Waals surface area contributed by atoms with Gasteiger partial charge in [0.05, 0.1) is 0 Å². The maximum absolute atomic E-state index is 6.71. The Morgan fingerprint density at radius 3 is 1.19 bits per heavy atom. The third-order valence-electron chi connectivity index (χ3n) is 26.0. The van der Waals surface area contributed by atoms with Crippen LogP contribution in [-0.4, -0.2) is 0 Å². The van der Waals surface area contributed by atoms with Crippen LogP contribution in [0.1, 0.15) is 0 Å². The zero-order valence-electron chi connectivity index (χ0n) is 70.6. The fourth-order valence-electron chi connectivity index (χ4n) is 19.7. The van der Waals surface area contributed by atoms with Gasteiger partial charge >= 0.3 is 0 Å². The number of thiophene rings is 2. The molecule has 0 aliphatic carbocycles. The fourth-order valence-corrected chi connectivity index (χ4v) is 22.2. The van der Waals surface area contributed by atoms with Crippen LogP contribution in [0.3, 0.4) is 0 Å². The molecule has 6 heteroatoms. The van der Waals surface area contributed by atoms with Crippen molar-refractivity contribution in [2.45, 2.75) is 0 Å². The lowest BCUT2D eigenvalue weighted by atomic mass is 9.94. The van der Waals surface area contributed by atoms with E-state index in [1.54, 1.807) is 0 Å². The standard InChI is InChI=1S/C68H43NOS.C56H35NOS/c1-4-16-44(17-5-1)49-24-14-25-55(38-49)69(56-39-51(45-18-6-2-7-19-45)36-53(41-56)50-32-34-64-63(43-50)66-58-26-12-10-22-47(58)31-35-65(66)70-64)57-40-52(46-20-8-3-9-21-46)37-54(42-57)60-28-15-29-61-62-33-30-48-23-11-13-27-59(48)67(62)71-68(60)61;1-2-9-36(10-3-1)37-17-26-43(27-18-37)57(44-28-19-38(20-29-44)42-25-33-52-51(35-42)54-46-13-6-4-11-39(46)24-34-53(54)59-52)45-30-21-41(22-31-45)48-15-8-16-49-50-32-23-40-12-5-7-14-47(40)56(50)58-55(48)49/h1-43H;1-35H. The van der Waals surface area contributed by atoms with Gasteiger partial charge < -0.3 is 18.6 Å².